The first-order valence-electron chi connectivity index (χ1n) is 9.23. The highest BCUT2D eigenvalue weighted by atomic mass is 32.1. The molecular formula is C19H25N3O2S. The first-order valence-corrected chi connectivity index (χ1v) is 10.0. The smallest absolute Gasteiger partial charge is 0.225 e. The minimum absolute atomic E-state index is 0.198. The number of anilines is 1. The van der Waals surface area contributed by atoms with E-state index in [1.54, 1.807) is 18.4 Å². The van der Waals surface area contributed by atoms with Gasteiger partial charge in [0.05, 0.1) is 17.3 Å². The van der Waals surface area contributed by atoms with Crippen molar-refractivity contribution in [1.82, 2.24) is 9.88 Å². The van der Waals surface area contributed by atoms with Crippen LogP contribution in [0.3, 0.4) is 0 Å². The Labute approximate surface area is 152 Å². The number of thiazole rings is 1. The lowest BCUT2D eigenvalue weighted by Crippen LogP contribution is -2.44. The van der Waals surface area contributed by atoms with Gasteiger partial charge in [-0.25, -0.2) is 4.98 Å². The van der Waals surface area contributed by atoms with Gasteiger partial charge in [-0.3, -0.25) is 4.79 Å². The maximum atomic E-state index is 12.7. The summed E-state index contributed by atoms with van der Waals surface area (Å²) in [4.78, 5) is 21.9. The van der Waals surface area contributed by atoms with Gasteiger partial charge in [0.2, 0.25) is 5.91 Å². The van der Waals surface area contributed by atoms with Crippen LogP contribution < -0.4 is 9.64 Å². The van der Waals surface area contributed by atoms with Crippen molar-refractivity contribution < 1.29 is 9.53 Å². The Bertz CT molecular complexity index is 746. The predicted molar refractivity (Wildman–Crippen MR) is 102 cm³/mol. The van der Waals surface area contributed by atoms with Crippen LogP contribution in [0.2, 0.25) is 0 Å². The molecule has 4 rings (SSSR count). The standard InChI is InChI=1S/C19H25N3O2S/c1-24-15-5-6-16-17(13-15)25-19(20-16)22-11-7-14(8-12-22)18(23)21-9-3-2-4-10-21/h5-6,13-14H,2-4,7-12H2,1H3. The van der Waals surface area contributed by atoms with Gasteiger partial charge >= 0.3 is 0 Å². The van der Waals surface area contributed by atoms with Crippen LogP contribution in [0, 0.1) is 5.92 Å². The summed E-state index contributed by atoms with van der Waals surface area (Å²) in [6, 6.07) is 6.01. The van der Waals surface area contributed by atoms with Gasteiger partial charge in [-0.15, -0.1) is 0 Å². The molecule has 0 radical (unpaired) electrons. The number of ether oxygens (including phenoxy) is 1. The van der Waals surface area contributed by atoms with Gasteiger partial charge in [-0.2, -0.15) is 0 Å². The van der Waals surface area contributed by atoms with Gasteiger partial charge in [-0.05, 0) is 50.3 Å². The Morgan fingerprint density at radius 2 is 1.92 bits per heavy atom. The maximum Gasteiger partial charge on any atom is 0.225 e. The van der Waals surface area contributed by atoms with Crippen LogP contribution in [-0.2, 0) is 4.79 Å². The zero-order valence-corrected chi connectivity index (χ0v) is 15.6. The molecule has 0 aliphatic carbocycles. The van der Waals surface area contributed by atoms with Crippen molar-refractivity contribution in [1.29, 1.82) is 0 Å². The van der Waals surface area contributed by atoms with E-state index in [0.29, 0.717) is 5.91 Å². The second-order valence-corrected chi connectivity index (χ2v) is 7.99. The van der Waals surface area contributed by atoms with E-state index in [0.717, 1.165) is 60.1 Å². The van der Waals surface area contributed by atoms with E-state index in [4.69, 9.17) is 9.72 Å². The quantitative estimate of drug-likeness (QED) is 0.841. The molecule has 5 nitrogen and oxygen atoms in total. The summed E-state index contributed by atoms with van der Waals surface area (Å²) in [5.41, 5.74) is 1.02. The zero-order chi connectivity index (χ0) is 17.2. The Balaban J connectivity index is 1.40. The normalized spacial score (nSPS) is 19.4. The number of rotatable bonds is 3. The first kappa shape index (κ1) is 16.6. The van der Waals surface area contributed by atoms with Crippen molar-refractivity contribution in [3.8, 4) is 5.75 Å². The van der Waals surface area contributed by atoms with Crippen LogP contribution in [0.15, 0.2) is 18.2 Å². The lowest BCUT2D eigenvalue weighted by atomic mass is 9.94. The average Bonchev–Trinajstić information content (AvgIpc) is 3.11. The molecule has 6 heteroatoms. The van der Waals surface area contributed by atoms with Crippen molar-refractivity contribution >= 4 is 32.6 Å². The number of hydrogen-bond donors (Lipinski definition) is 0. The molecule has 1 aromatic heterocycles. The van der Waals surface area contributed by atoms with E-state index in [1.807, 2.05) is 18.2 Å². The number of likely N-dealkylation sites (tertiary alicyclic amines) is 1. The minimum atomic E-state index is 0.198. The molecule has 0 saturated carbocycles. The molecule has 2 saturated heterocycles. The highest BCUT2D eigenvalue weighted by molar-refractivity contribution is 7.22. The average molecular weight is 359 g/mol. The number of carbonyl (C=O) groups is 1. The Morgan fingerprint density at radius 1 is 1.16 bits per heavy atom. The van der Waals surface area contributed by atoms with Crippen LogP contribution in [-0.4, -0.2) is 49.1 Å². The van der Waals surface area contributed by atoms with E-state index >= 15 is 0 Å². The van der Waals surface area contributed by atoms with Gasteiger partial charge in [0.1, 0.15) is 5.75 Å². The lowest BCUT2D eigenvalue weighted by Gasteiger charge is -2.35. The number of amides is 1. The number of carbonyl (C=O) groups excluding carboxylic acids is 1. The molecule has 0 N–H and O–H groups in total. The minimum Gasteiger partial charge on any atom is -0.497 e. The fourth-order valence-electron chi connectivity index (χ4n) is 3.85. The number of benzene rings is 1. The number of methoxy groups -OCH3 is 1. The van der Waals surface area contributed by atoms with E-state index < -0.39 is 0 Å². The van der Waals surface area contributed by atoms with Crippen molar-refractivity contribution in [3.05, 3.63) is 18.2 Å². The van der Waals surface area contributed by atoms with Crippen molar-refractivity contribution in [2.75, 3.05) is 38.2 Å². The molecular weight excluding hydrogens is 334 g/mol. The molecule has 25 heavy (non-hydrogen) atoms. The third kappa shape index (κ3) is 3.45. The molecule has 1 amide bonds. The Hall–Kier alpha value is -1.82. The molecule has 0 bridgehead atoms. The highest BCUT2D eigenvalue weighted by Gasteiger charge is 2.30. The molecule has 2 aliphatic rings. The van der Waals surface area contributed by atoms with E-state index in [9.17, 15) is 4.79 Å². The van der Waals surface area contributed by atoms with Crippen LogP contribution in [0.25, 0.3) is 10.2 Å². The SMILES string of the molecule is COc1ccc2nc(N3CCC(C(=O)N4CCCCC4)CC3)sc2c1. The molecule has 0 unspecified atom stereocenters. The highest BCUT2D eigenvalue weighted by Crippen LogP contribution is 2.33. The molecule has 2 aromatic rings. The fraction of sp³-hybridized carbons (Fsp3) is 0.579. The topological polar surface area (TPSA) is 45.7 Å². The van der Waals surface area contributed by atoms with Gasteiger partial charge in [0.15, 0.2) is 5.13 Å². The summed E-state index contributed by atoms with van der Waals surface area (Å²) < 4.78 is 6.45. The van der Waals surface area contributed by atoms with Crippen molar-refractivity contribution in [2.45, 2.75) is 32.1 Å². The van der Waals surface area contributed by atoms with E-state index in [2.05, 4.69) is 9.80 Å². The van der Waals surface area contributed by atoms with E-state index in [1.165, 1.54) is 19.3 Å². The maximum absolute atomic E-state index is 12.7. The monoisotopic (exact) mass is 359 g/mol. The Kier molecular flexibility index (Phi) is 4.79. The largest absolute Gasteiger partial charge is 0.497 e. The summed E-state index contributed by atoms with van der Waals surface area (Å²) in [6.45, 7) is 3.75. The third-order valence-corrected chi connectivity index (χ3v) is 6.45. The first-order chi connectivity index (χ1) is 12.2. The molecule has 1 aromatic carbocycles. The summed E-state index contributed by atoms with van der Waals surface area (Å²) in [5.74, 6) is 1.45. The number of piperidine rings is 2. The van der Waals surface area contributed by atoms with Gasteiger partial charge in [-0.1, -0.05) is 11.3 Å². The summed E-state index contributed by atoms with van der Waals surface area (Å²) >= 11 is 1.71. The van der Waals surface area contributed by atoms with Crippen molar-refractivity contribution in [2.24, 2.45) is 5.92 Å². The van der Waals surface area contributed by atoms with E-state index in [-0.39, 0.29) is 5.92 Å². The number of aromatic nitrogens is 1. The molecule has 0 atom stereocenters. The van der Waals surface area contributed by atoms with Gasteiger partial charge in [0.25, 0.3) is 0 Å². The van der Waals surface area contributed by atoms with Crippen molar-refractivity contribution in [3.63, 3.8) is 0 Å². The van der Waals surface area contributed by atoms with Crippen LogP contribution in [0.4, 0.5) is 5.13 Å². The summed E-state index contributed by atoms with van der Waals surface area (Å²) in [6.07, 6.45) is 5.48. The molecule has 2 fully saturated rings. The van der Waals surface area contributed by atoms with Gasteiger partial charge < -0.3 is 14.5 Å². The molecule has 3 heterocycles. The number of fused-ring (bicyclic) bond motifs is 1. The fourth-order valence-corrected chi connectivity index (χ4v) is 4.89. The van der Waals surface area contributed by atoms with Crippen LogP contribution in [0.5, 0.6) is 5.75 Å². The van der Waals surface area contributed by atoms with Crippen LogP contribution >= 0.6 is 11.3 Å². The van der Waals surface area contributed by atoms with Gasteiger partial charge in [0, 0.05) is 32.1 Å². The molecule has 0 spiro atoms. The second-order valence-electron chi connectivity index (χ2n) is 6.98. The summed E-state index contributed by atoms with van der Waals surface area (Å²) in [7, 11) is 1.69. The molecule has 134 valence electrons. The lowest BCUT2D eigenvalue weighted by molar-refractivity contribution is -0.137. The number of hydrogen-bond acceptors (Lipinski definition) is 5. The third-order valence-electron chi connectivity index (χ3n) is 5.37. The predicted octanol–water partition coefficient (Wildman–Crippen LogP) is 3.53. The zero-order valence-electron chi connectivity index (χ0n) is 14.7. The number of nitrogens with zero attached hydrogens (tertiary/aromatic N) is 3. The summed E-state index contributed by atoms with van der Waals surface area (Å²) in [5, 5.41) is 1.06. The van der Waals surface area contributed by atoms with Crippen LogP contribution in [0.1, 0.15) is 32.1 Å². The Morgan fingerprint density at radius 3 is 2.64 bits per heavy atom. The second kappa shape index (κ2) is 7.20. The molecule has 2 aliphatic heterocycles.